The molecule has 6 heteroatoms. The number of hydrogen-bond donors (Lipinski definition) is 1. The largest absolute Gasteiger partial charge is 0.326 e. The number of rotatable bonds is 5. The van der Waals surface area contributed by atoms with E-state index in [4.69, 9.17) is 5.73 Å². The van der Waals surface area contributed by atoms with Gasteiger partial charge in [0.05, 0.1) is 10.9 Å². The fraction of sp³-hybridized carbons (Fsp3) is 0.333. The molecule has 1 unspecified atom stereocenters. The van der Waals surface area contributed by atoms with Gasteiger partial charge in [-0.3, -0.25) is 0 Å². The van der Waals surface area contributed by atoms with E-state index in [0.717, 1.165) is 16.0 Å². The molecule has 0 saturated carbocycles. The zero-order valence-electron chi connectivity index (χ0n) is 12.4. The number of sulfonamides is 1. The van der Waals surface area contributed by atoms with E-state index in [1.807, 2.05) is 30.5 Å². The van der Waals surface area contributed by atoms with Gasteiger partial charge in [-0.2, -0.15) is 4.31 Å². The van der Waals surface area contributed by atoms with Crippen molar-refractivity contribution >= 4 is 21.4 Å². The van der Waals surface area contributed by atoms with E-state index in [2.05, 4.69) is 0 Å². The normalized spacial score (nSPS) is 13.6. The van der Waals surface area contributed by atoms with Crippen LogP contribution >= 0.6 is 11.3 Å². The van der Waals surface area contributed by atoms with Crippen LogP contribution in [0.25, 0.3) is 0 Å². The SMILES string of the molecule is Cc1ccc(CN)cc1S(=O)(=O)N(C)C(C)c1cccs1. The molecule has 0 spiro atoms. The summed E-state index contributed by atoms with van der Waals surface area (Å²) in [4.78, 5) is 1.35. The highest BCUT2D eigenvalue weighted by atomic mass is 32.2. The van der Waals surface area contributed by atoms with Crippen LogP contribution in [0, 0.1) is 6.92 Å². The second-order valence-corrected chi connectivity index (χ2v) is 7.96. The molecule has 1 heterocycles. The van der Waals surface area contributed by atoms with Crippen LogP contribution in [0.2, 0.25) is 0 Å². The van der Waals surface area contributed by atoms with Gasteiger partial charge in [-0.15, -0.1) is 11.3 Å². The minimum absolute atomic E-state index is 0.198. The molecule has 0 bridgehead atoms. The van der Waals surface area contributed by atoms with Gasteiger partial charge in [0.1, 0.15) is 0 Å². The third-order valence-corrected chi connectivity index (χ3v) is 6.76. The van der Waals surface area contributed by atoms with E-state index < -0.39 is 10.0 Å². The number of nitrogens with two attached hydrogens (primary N) is 1. The van der Waals surface area contributed by atoms with Crippen molar-refractivity contribution in [3.8, 4) is 0 Å². The van der Waals surface area contributed by atoms with Crippen LogP contribution in [0.15, 0.2) is 40.6 Å². The lowest BCUT2D eigenvalue weighted by Crippen LogP contribution is -2.30. The first-order valence-electron chi connectivity index (χ1n) is 6.69. The summed E-state index contributed by atoms with van der Waals surface area (Å²) < 4.78 is 27.1. The summed E-state index contributed by atoms with van der Waals surface area (Å²) in [6.45, 7) is 4.02. The van der Waals surface area contributed by atoms with Crippen LogP contribution in [0.5, 0.6) is 0 Å². The molecular weight excluding hydrogens is 304 g/mol. The molecule has 0 aliphatic rings. The van der Waals surface area contributed by atoms with E-state index in [1.165, 1.54) is 4.31 Å². The van der Waals surface area contributed by atoms with Crippen molar-refractivity contribution in [2.24, 2.45) is 5.73 Å². The van der Waals surface area contributed by atoms with Crippen LogP contribution in [-0.4, -0.2) is 19.8 Å². The lowest BCUT2D eigenvalue weighted by Gasteiger charge is -2.24. The lowest BCUT2D eigenvalue weighted by molar-refractivity contribution is 0.402. The molecule has 114 valence electrons. The monoisotopic (exact) mass is 324 g/mol. The van der Waals surface area contributed by atoms with Crippen LogP contribution in [0.3, 0.4) is 0 Å². The van der Waals surface area contributed by atoms with Crippen LogP contribution in [0.4, 0.5) is 0 Å². The maximum atomic E-state index is 12.8. The van der Waals surface area contributed by atoms with E-state index in [-0.39, 0.29) is 6.04 Å². The molecule has 2 rings (SSSR count). The maximum absolute atomic E-state index is 12.8. The van der Waals surface area contributed by atoms with Crippen molar-refractivity contribution in [3.05, 3.63) is 51.7 Å². The fourth-order valence-electron chi connectivity index (χ4n) is 2.12. The molecule has 0 amide bonds. The molecule has 1 aromatic carbocycles. The zero-order chi connectivity index (χ0) is 15.6. The molecule has 21 heavy (non-hydrogen) atoms. The zero-order valence-corrected chi connectivity index (χ0v) is 14.0. The Kier molecular flexibility index (Phi) is 4.83. The Morgan fingerprint density at radius 1 is 1.33 bits per heavy atom. The van der Waals surface area contributed by atoms with Crippen LogP contribution in [0.1, 0.15) is 29.0 Å². The summed E-state index contributed by atoms with van der Waals surface area (Å²) in [5.74, 6) is 0. The number of hydrogen-bond acceptors (Lipinski definition) is 4. The Morgan fingerprint density at radius 3 is 2.62 bits per heavy atom. The van der Waals surface area contributed by atoms with Gasteiger partial charge in [-0.1, -0.05) is 18.2 Å². The summed E-state index contributed by atoms with van der Waals surface area (Å²) in [5.41, 5.74) is 7.17. The van der Waals surface area contributed by atoms with Crippen molar-refractivity contribution in [2.45, 2.75) is 31.3 Å². The number of aryl methyl sites for hydroxylation is 1. The number of benzene rings is 1. The third kappa shape index (κ3) is 3.18. The van der Waals surface area contributed by atoms with Crippen molar-refractivity contribution in [1.29, 1.82) is 0 Å². The van der Waals surface area contributed by atoms with Gasteiger partial charge in [0.15, 0.2) is 0 Å². The summed E-state index contributed by atoms with van der Waals surface area (Å²) in [5, 5.41) is 1.95. The van der Waals surface area contributed by atoms with Crippen molar-refractivity contribution in [1.82, 2.24) is 4.31 Å². The Balaban J connectivity index is 2.42. The first kappa shape index (κ1) is 16.2. The van der Waals surface area contributed by atoms with Crippen molar-refractivity contribution in [2.75, 3.05) is 7.05 Å². The lowest BCUT2D eigenvalue weighted by atomic mass is 10.1. The summed E-state index contributed by atoms with van der Waals surface area (Å²) in [6, 6.07) is 9.01. The van der Waals surface area contributed by atoms with Crippen molar-refractivity contribution < 1.29 is 8.42 Å². The average Bonchev–Trinajstić information content (AvgIpc) is 3.00. The minimum atomic E-state index is -3.54. The Bertz CT molecular complexity index is 709. The highest BCUT2D eigenvalue weighted by molar-refractivity contribution is 7.89. The number of nitrogens with zero attached hydrogens (tertiary/aromatic N) is 1. The Hall–Kier alpha value is -1.21. The highest BCUT2D eigenvalue weighted by Crippen LogP contribution is 2.30. The van der Waals surface area contributed by atoms with E-state index >= 15 is 0 Å². The first-order valence-corrected chi connectivity index (χ1v) is 9.01. The topological polar surface area (TPSA) is 63.4 Å². The standard InChI is InChI=1S/C15H20N2O2S2/c1-11-6-7-13(10-16)9-15(11)21(18,19)17(3)12(2)14-5-4-8-20-14/h4-9,12H,10,16H2,1-3H3. The predicted molar refractivity (Wildman–Crippen MR) is 86.8 cm³/mol. The summed E-state index contributed by atoms with van der Waals surface area (Å²) in [6.07, 6.45) is 0. The van der Waals surface area contributed by atoms with Gasteiger partial charge in [0.2, 0.25) is 10.0 Å². The molecule has 0 aliphatic heterocycles. The van der Waals surface area contributed by atoms with Crippen molar-refractivity contribution in [3.63, 3.8) is 0 Å². The molecule has 2 aromatic rings. The predicted octanol–water partition coefficient (Wildman–Crippen LogP) is 2.90. The van der Waals surface area contributed by atoms with E-state index in [1.54, 1.807) is 37.4 Å². The molecule has 0 fully saturated rings. The van der Waals surface area contributed by atoms with Gasteiger partial charge in [0.25, 0.3) is 0 Å². The molecular formula is C15H20N2O2S2. The number of thiophene rings is 1. The van der Waals surface area contributed by atoms with E-state index in [0.29, 0.717) is 11.4 Å². The minimum Gasteiger partial charge on any atom is -0.326 e. The maximum Gasteiger partial charge on any atom is 0.243 e. The summed E-state index contributed by atoms with van der Waals surface area (Å²) in [7, 11) is -1.92. The molecule has 1 atom stereocenters. The Morgan fingerprint density at radius 2 is 2.05 bits per heavy atom. The molecule has 2 N–H and O–H groups in total. The third-order valence-electron chi connectivity index (χ3n) is 3.65. The van der Waals surface area contributed by atoms with Crippen LogP contribution < -0.4 is 5.73 Å². The quantitative estimate of drug-likeness (QED) is 0.920. The highest BCUT2D eigenvalue weighted by Gasteiger charge is 2.28. The molecule has 0 radical (unpaired) electrons. The molecule has 1 aromatic heterocycles. The molecule has 0 aliphatic carbocycles. The summed E-state index contributed by atoms with van der Waals surface area (Å²) >= 11 is 1.56. The van der Waals surface area contributed by atoms with Gasteiger partial charge >= 0.3 is 0 Å². The first-order chi connectivity index (χ1) is 9.87. The van der Waals surface area contributed by atoms with Gasteiger partial charge in [-0.25, -0.2) is 8.42 Å². The molecule has 0 saturated heterocycles. The van der Waals surface area contributed by atoms with Crippen LogP contribution in [-0.2, 0) is 16.6 Å². The molecule has 4 nitrogen and oxygen atoms in total. The van der Waals surface area contributed by atoms with Gasteiger partial charge in [0, 0.05) is 18.5 Å². The average molecular weight is 324 g/mol. The van der Waals surface area contributed by atoms with E-state index in [9.17, 15) is 8.42 Å². The van der Waals surface area contributed by atoms with Gasteiger partial charge < -0.3 is 5.73 Å². The Labute approximate surface area is 130 Å². The fourth-order valence-corrected chi connectivity index (χ4v) is 4.63. The second kappa shape index (κ2) is 6.27. The smallest absolute Gasteiger partial charge is 0.243 e. The van der Waals surface area contributed by atoms with Gasteiger partial charge in [-0.05, 0) is 42.5 Å². The second-order valence-electron chi connectivity index (χ2n) is 5.02.